The van der Waals surface area contributed by atoms with Crippen LogP contribution in [0.25, 0.3) is 0 Å². The van der Waals surface area contributed by atoms with Gasteiger partial charge in [0.05, 0.1) is 0 Å². The van der Waals surface area contributed by atoms with Crippen LogP contribution in [0.1, 0.15) is 25.5 Å². The van der Waals surface area contributed by atoms with Crippen LogP contribution in [0.3, 0.4) is 0 Å². The molecule has 0 aliphatic heterocycles. The molecule has 0 bridgehead atoms. The summed E-state index contributed by atoms with van der Waals surface area (Å²) in [7, 11) is 0. The molecule has 0 aliphatic rings. The molecule has 12 heavy (non-hydrogen) atoms. The molecule has 1 heterocycles. The molecule has 3 heteroatoms. The Kier molecular flexibility index (Phi) is 11.5. The summed E-state index contributed by atoms with van der Waals surface area (Å²) in [4.78, 5) is 4.22. The van der Waals surface area contributed by atoms with Gasteiger partial charge >= 0.3 is 19.5 Å². The van der Waals surface area contributed by atoms with Crippen molar-refractivity contribution in [3.63, 3.8) is 0 Å². The molecule has 0 aliphatic carbocycles. The van der Waals surface area contributed by atoms with Gasteiger partial charge in [-0.05, 0) is 25.0 Å². The van der Waals surface area contributed by atoms with Gasteiger partial charge in [0.1, 0.15) is 0 Å². The summed E-state index contributed by atoms with van der Waals surface area (Å²) in [5, 5.41) is 0. The predicted molar refractivity (Wildman–Crippen MR) is 42.8 cm³/mol. The van der Waals surface area contributed by atoms with Crippen LogP contribution in [0.4, 0.5) is 0 Å². The van der Waals surface area contributed by atoms with Crippen LogP contribution < -0.4 is 17.0 Å². The molecule has 0 N–H and O–H groups in total. The molecule has 0 atom stereocenters. The van der Waals surface area contributed by atoms with Gasteiger partial charge in [-0.3, -0.25) is 4.98 Å². The first kappa shape index (κ1) is 14.8. The summed E-state index contributed by atoms with van der Waals surface area (Å²) in [5.41, 5.74) is 1.21. The molecule has 0 fully saturated rings. The van der Waals surface area contributed by atoms with E-state index >= 15 is 0 Å². The topological polar surface area (TPSA) is 12.9 Å². The maximum atomic E-state index is 4.22. The third-order valence-electron chi connectivity index (χ3n) is 1.51. The fourth-order valence-corrected chi connectivity index (χ4v) is 0.904. The fraction of sp³-hybridized carbons (Fsp3) is 0.444. The van der Waals surface area contributed by atoms with E-state index in [9.17, 15) is 0 Å². The number of halogens is 1. The van der Waals surface area contributed by atoms with E-state index in [-0.39, 0.29) is 36.5 Å². The van der Waals surface area contributed by atoms with Crippen LogP contribution in [0.2, 0.25) is 0 Å². The maximum absolute atomic E-state index is 4.22. The van der Waals surface area contributed by atoms with Gasteiger partial charge in [-0.1, -0.05) is 19.4 Å². The van der Waals surface area contributed by atoms with Crippen LogP contribution in [-0.2, 0) is 25.9 Å². The number of hydrogen-bond donors (Lipinski definition) is 0. The molecule has 0 amide bonds. The maximum Gasteiger partial charge on any atom is 2.00 e. The smallest absolute Gasteiger partial charge is 1.00 e. The predicted octanol–water partition coefficient (Wildman–Crippen LogP) is -0.574. The van der Waals surface area contributed by atoms with Crippen LogP contribution in [0.15, 0.2) is 24.4 Å². The molecule has 1 aromatic heterocycles. The van der Waals surface area contributed by atoms with Crippen molar-refractivity contribution in [3.05, 3.63) is 30.1 Å². The number of aromatic nitrogens is 1. The Hall–Kier alpha value is 0.253. The molecule has 0 spiro atoms. The second kappa shape index (κ2) is 9.34. The zero-order chi connectivity index (χ0) is 7.23. The van der Waals surface area contributed by atoms with Crippen molar-refractivity contribution in [3.8, 4) is 0 Å². The number of pyridine rings is 1. The third kappa shape index (κ3) is 5.85. The molecule has 0 unspecified atom stereocenters. The van der Waals surface area contributed by atoms with Gasteiger partial charge < -0.3 is 17.0 Å². The first-order chi connectivity index (χ1) is 4.93. The Morgan fingerprint density at radius 1 is 1.33 bits per heavy atom. The number of hydrogen-bond acceptors (Lipinski definition) is 1. The first-order valence-electron chi connectivity index (χ1n) is 3.83. The van der Waals surface area contributed by atoms with Gasteiger partial charge in [0.15, 0.2) is 0 Å². The minimum Gasteiger partial charge on any atom is -1.00 e. The van der Waals surface area contributed by atoms with Crippen molar-refractivity contribution >= 4 is 0 Å². The van der Waals surface area contributed by atoms with Crippen molar-refractivity contribution in [1.29, 1.82) is 0 Å². The summed E-state index contributed by atoms with van der Waals surface area (Å²) < 4.78 is 0. The molecular weight excluding hydrogens is 267 g/mol. The van der Waals surface area contributed by atoms with E-state index < -0.39 is 0 Å². The molecule has 1 aromatic rings. The summed E-state index contributed by atoms with van der Waals surface area (Å²) in [6.07, 6.45) is 5.47. The normalized spacial score (nSPS) is 8.08. The van der Waals surface area contributed by atoms with Gasteiger partial charge in [-0.25, -0.2) is 0 Å². The van der Waals surface area contributed by atoms with Gasteiger partial charge in [0.25, 0.3) is 0 Å². The van der Waals surface area contributed by atoms with E-state index in [0.29, 0.717) is 0 Å². The van der Waals surface area contributed by atoms with Gasteiger partial charge in [0.2, 0.25) is 0 Å². The molecule has 0 saturated carbocycles. The Morgan fingerprint density at radius 2 is 2.08 bits per heavy atom. The van der Waals surface area contributed by atoms with E-state index in [4.69, 9.17) is 0 Å². The number of rotatable bonds is 3. The van der Waals surface area contributed by atoms with E-state index in [0.717, 1.165) is 6.42 Å². The minimum absolute atomic E-state index is 0. The zero-order valence-electron chi connectivity index (χ0n) is 7.46. The second-order valence-corrected chi connectivity index (χ2v) is 2.42. The zero-order valence-corrected chi connectivity index (χ0v) is 12.0. The molecule has 0 radical (unpaired) electrons. The molecule has 0 aromatic carbocycles. The fourth-order valence-electron chi connectivity index (χ4n) is 0.904. The van der Waals surface area contributed by atoms with Crippen molar-refractivity contribution in [2.24, 2.45) is 0 Å². The molecule has 62 valence electrons. The van der Waals surface area contributed by atoms with Crippen molar-refractivity contribution in [1.82, 2.24) is 4.98 Å². The summed E-state index contributed by atoms with van der Waals surface area (Å²) in [6.45, 7) is 2.20. The monoisotopic (exact) mass is 278 g/mol. The summed E-state index contributed by atoms with van der Waals surface area (Å²) >= 11 is 0. The second-order valence-electron chi connectivity index (χ2n) is 2.42. The van der Waals surface area contributed by atoms with Gasteiger partial charge in [0, 0.05) is 11.9 Å². The quantitative estimate of drug-likeness (QED) is 0.676. The Balaban J connectivity index is 0. The van der Waals surface area contributed by atoms with Crippen molar-refractivity contribution in [2.45, 2.75) is 26.2 Å². The summed E-state index contributed by atoms with van der Waals surface area (Å²) in [5.74, 6) is 0. The average Bonchev–Trinajstić information content (AvgIpc) is 2.03. The molecule has 0 saturated heterocycles. The third-order valence-corrected chi connectivity index (χ3v) is 1.51. The standard InChI is InChI=1S/C9H13N.BrH.Zn/c1-2-3-6-9-7-4-5-8-10-9;;/h4-5,7-8H,2-3,6H2,1H3;1H;/q;;+2/p-1. The Bertz CT molecular complexity index is 179. The molecule has 1 rings (SSSR count). The SMILES string of the molecule is CCCCc1ccccn1.[Br-].[Zn+2]. The number of aryl methyl sites for hydroxylation is 1. The largest absolute Gasteiger partial charge is 2.00 e. The molecular formula is C9H13BrNZn+. The summed E-state index contributed by atoms with van der Waals surface area (Å²) in [6, 6.07) is 6.07. The van der Waals surface area contributed by atoms with E-state index in [1.807, 2.05) is 18.3 Å². The van der Waals surface area contributed by atoms with Crippen LogP contribution in [0, 0.1) is 0 Å². The van der Waals surface area contributed by atoms with E-state index in [1.165, 1.54) is 18.5 Å². The van der Waals surface area contributed by atoms with E-state index in [2.05, 4.69) is 18.0 Å². The van der Waals surface area contributed by atoms with Gasteiger partial charge in [-0.2, -0.15) is 0 Å². The minimum atomic E-state index is 0. The van der Waals surface area contributed by atoms with Crippen LogP contribution >= 0.6 is 0 Å². The number of unbranched alkanes of at least 4 members (excludes halogenated alkanes) is 1. The van der Waals surface area contributed by atoms with Crippen molar-refractivity contribution < 1.29 is 36.5 Å². The molecule has 1 nitrogen and oxygen atoms in total. The number of nitrogens with zero attached hydrogens (tertiary/aromatic N) is 1. The van der Waals surface area contributed by atoms with Gasteiger partial charge in [-0.15, -0.1) is 0 Å². The van der Waals surface area contributed by atoms with Crippen LogP contribution in [0.5, 0.6) is 0 Å². The van der Waals surface area contributed by atoms with E-state index in [1.54, 1.807) is 0 Å². The first-order valence-corrected chi connectivity index (χ1v) is 3.83. The van der Waals surface area contributed by atoms with Crippen LogP contribution in [-0.4, -0.2) is 4.98 Å². The Morgan fingerprint density at radius 3 is 2.58 bits per heavy atom. The average molecular weight is 281 g/mol. The Labute approximate surface area is 97.5 Å². The van der Waals surface area contributed by atoms with Crippen molar-refractivity contribution in [2.75, 3.05) is 0 Å².